The normalized spacial score (nSPS) is 10.7. The van der Waals surface area contributed by atoms with Crippen LogP contribution in [0.25, 0.3) is 0 Å². The molecule has 6 heteroatoms. The summed E-state index contributed by atoms with van der Waals surface area (Å²) < 4.78 is 7.44. The van der Waals surface area contributed by atoms with Gasteiger partial charge in [-0.2, -0.15) is 5.10 Å². The number of hydrogen-bond acceptors (Lipinski definition) is 4. The summed E-state index contributed by atoms with van der Waals surface area (Å²) in [4.78, 5) is 11.6. The summed E-state index contributed by atoms with van der Waals surface area (Å²) in [5.74, 6) is 0.398. The summed E-state index contributed by atoms with van der Waals surface area (Å²) in [7, 11) is 1.82. The van der Waals surface area contributed by atoms with Gasteiger partial charge < -0.3 is 10.5 Å². The van der Waals surface area contributed by atoms with Crippen LogP contribution in [0.4, 0.5) is 5.69 Å². The number of benzene rings is 1. The van der Waals surface area contributed by atoms with Crippen molar-refractivity contribution in [1.29, 1.82) is 0 Å². The summed E-state index contributed by atoms with van der Waals surface area (Å²) in [6.45, 7) is 3.72. The molecule has 0 amide bonds. The molecule has 1 aromatic heterocycles. The van der Waals surface area contributed by atoms with E-state index in [1.54, 1.807) is 22.9 Å². The predicted octanol–water partition coefficient (Wildman–Crippen LogP) is 3.00. The highest BCUT2D eigenvalue weighted by molar-refractivity contribution is 6.31. The Morgan fingerprint density at radius 1 is 1.48 bits per heavy atom. The van der Waals surface area contributed by atoms with Crippen LogP contribution >= 0.6 is 11.6 Å². The number of nitrogen functional groups attached to an aromatic ring is 1. The number of hydrogen-bond donors (Lipinski definition) is 1. The monoisotopic (exact) mass is 307 g/mol. The number of rotatable bonds is 5. The van der Waals surface area contributed by atoms with Crippen molar-refractivity contribution in [2.75, 3.05) is 5.73 Å². The van der Waals surface area contributed by atoms with Gasteiger partial charge in [0.15, 0.2) is 5.78 Å². The standard InChI is InChI=1S/C15H18ClN3O2/c1-4-12-15(16)13(19(3)18-12)8-21-14-6-5-10(17)7-11(14)9(2)20/h5-7H,4,8,17H2,1-3H3. The maximum absolute atomic E-state index is 11.6. The Morgan fingerprint density at radius 3 is 2.76 bits per heavy atom. The Bertz CT molecular complexity index is 680. The molecule has 0 bridgehead atoms. The van der Waals surface area contributed by atoms with Crippen LogP contribution in [0.15, 0.2) is 18.2 Å². The van der Waals surface area contributed by atoms with Gasteiger partial charge in [-0.15, -0.1) is 0 Å². The molecule has 0 fully saturated rings. The van der Waals surface area contributed by atoms with Gasteiger partial charge in [0.05, 0.1) is 22.0 Å². The molecular weight excluding hydrogens is 290 g/mol. The maximum atomic E-state index is 11.6. The number of aryl methyl sites for hydroxylation is 2. The number of carbonyl (C=O) groups is 1. The summed E-state index contributed by atoms with van der Waals surface area (Å²) in [6, 6.07) is 5.00. The molecule has 2 rings (SSSR count). The number of Topliss-reactive ketones (excluding diaryl/α,β-unsaturated/α-hetero) is 1. The van der Waals surface area contributed by atoms with Crippen molar-refractivity contribution in [1.82, 2.24) is 9.78 Å². The molecule has 0 atom stereocenters. The number of anilines is 1. The third-order valence-electron chi connectivity index (χ3n) is 3.25. The van der Waals surface area contributed by atoms with Gasteiger partial charge in [-0.1, -0.05) is 18.5 Å². The van der Waals surface area contributed by atoms with Gasteiger partial charge in [0.25, 0.3) is 0 Å². The highest BCUT2D eigenvalue weighted by Gasteiger charge is 2.15. The molecule has 0 spiro atoms. The van der Waals surface area contributed by atoms with E-state index >= 15 is 0 Å². The average molecular weight is 308 g/mol. The van der Waals surface area contributed by atoms with Crippen LogP contribution in [0.3, 0.4) is 0 Å². The van der Waals surface area contributed by atoms with E-state index in [2.05, 4.69) is 5.10 Å². The number of halogens is 1. The van der Waals surface area contributed by atoms with E-state index < -0.39 is 0 Å². The second-order valence-electron chi connectivity index (χ2n) is 4.78. The van der Waals surface area contributed by atoms with Crippen molar-refractivity contribution in [2.45, 2.75) is 26.9 Å². The Morgan fingerprint density at radius 2 is 2.19 bits per heavy atom. The lowest BCUT2D eigenvalue weighted by molar-refractivity contribution is 0.101. The minimum absolute atomic E-state index is 0.0948. The molecule has 0 aliphatic carbocycles. The molecule has 0 unspecified atom stereocenters. The molecule has 21 heavy (non-hydrogen) atoms. The molecule has 1 aromatic carbocycles. The second-order valence-corrected chi connectivity index (χ2v) is 5.16. The molecule has 0 radical (unpaired) electrons. The van der Waals surface area contributed by atoms with Gasteiger partial charge in [-0.25, -0.2) is 0 Å². The van der Waals surface area contributed by atoms with E-state index in [9.17, 15) is 4.79 Å². The third-order valence-corrected chi connectivity index (χ3v) is 3.69. The number of aromatic nitrogens is 2. The molecule has 2 N–H and O–H groups in total. The fraction of sp³-hybridized carbons (Fsp3) is 0.333. The lowest BCUT2D eigenvalue weighted by Crippen LogP contribution is -2.06. The zero-order valence-corrected chi connectivity index (χ0v) is 13.1. The first-order chi connectivity index (χ1) is 9.93. The predicted molar refractivity (Wildman–Crippen MR) is 82.8 cm³/mol. The van der Waals surface area contributed by atoms with E-state index in [0.29, 0.717) is 22.0 Å². The van der Waals surface area contributed by atoms with Crippen molar-refractivity contribution >= 4 is 23.1 Å². The SMILES string of the molecule is CCc1nn(C)c(COc2ccc(N)cc2C(C)=O)c1Cl. The Hall–Kier alpha value is -2.01. The lowest BCUT2D eigenvalue weighted by Gasteiger charge is -2.11. The van der Waals surface area contributed by atoms with E-state index in [1.165, 1.54) is 6.92 Å². The van der Waals surface area contributed by atoms with Gasteiger partial charge >= 0.3 is 0 Å². The van der Waals surface area contributed by atoms with Crippen LogP contribution in [0.1, 0.15) is 35.6 Å². The van der Waals surface area contributed by atoms with Gasteiger partial charge in [0.1, 0.15) is 12.4 Å². The summed E-state index contributed by atoms with van der Waals surface area (Å²) in [5, 5.41) is 4.94. The Kier molecular flexibility index (Phi) is 4.53. The topological polar surface area (TPSA) is 70.1 Å². The van der Waals surface area contributed by atoms with Crippen LogP contribution in [0.2, 0.25) is 5.02 Å². The summed E-state index contributed by atoms with van der Waals surface area (Å²) in [6.07, 6.45) is 0.757. The molecule has 112 valence electrons. The minimum Gasteiger partial charge on any atom is -0.486 e. The van der Waals surface area contributed by atoms with Crippen LogP contribution in [0.5, 0.6) is 5.75 Å². The quantitative estimate of drug-likeness (QED) is 0.681. The fourth-order valence-corrected chi connectivity index (χ4v) is 2.42. The largest absolute Gasteiger partial charge is 0.486 e. The average Bonchev–Trinajstić information content (AvgIpc) is 2.72. The van der Waals surface area contributed by atoms with Gasteiger partial charge in [0.2, 0.25) is 0 Å². The molecule has 1 heterocycles. The number of nitrogens with zero attached hydrogens (tertiary/aromatic N) is 2. The number of nitrogens with two attached hydrogens (primary N) is 1. The highest BCUT2D eigenvalue weighted by Crippen LogP contribution is 2.26. The third kappa shape index (κ3) is 3.19. The maximum Gasteiger partial charge on any atom is 0.163 e. The van der Waals surface area contributed by atoms with Crippen molar-refractivity contribution in [3.63, 3.8) is 0 Å². The van der Waals surface area contributed by atoms with Crippen molar-refractivity contribution in [3.8, 4) is 5.75 Å². The first kappa shape index (κ1) is 15.4. The summed E-state index contributed by atoms with van der Waals surface area (Å²) >= 11 is 6.27. The molecule has 0 saturated carbocycles. The van der Waals surface area contributed by atoms with Crippen molar-refractivity contribution in [2.24, 2.45) is 7.05 Å². The van der Waals surface area contributed by atoms with Gasteiger partial charge in [-0.3, -0.25) is 9.48 Å². The van der Waals surface area contributed by atoms with Gasteiger partial charge in [-0.05, 0) is 31.5 Å². The first-order valence-electron chi connectivity index (χ1n) is 6.67. The van der Waals surface area contributed by atoms with Crippen molar-refractivity contribution < 1.29 is 9.53 Å². The highest BCUT2D eigenvalue weighted by atomic mass is 35.5. The minimum atomic E-state index is -0.0948. The molecule has 0 saturated heterocycles. The first-order valence-corrected chi connectivity index (χ1v) is 7.05. The molecule has 0 aliphatic rings. The van der Waals surface area contributed by atoms with E-state index in [1.807, 2.05) is 14.0 Å². The van der Waals surface area contributed by atoms with Crippen molar-refractivity contribution in [3.05, 3.63) is 40.2 Å². The number of ketones is 1. The van der Waals surface area contributed by atoms with E-state index in [4.69, 9.17) is 22.1 Å². The zero-order valence-electron chi connectivity index (χ0n) is 12.3. The van der Waals surface area contributed by atoms with Crippen LogP contribution in [0, 0.1) is 0 Å². The number of ether oxygens (including phenoxy) is 1. The zero-order chi connectivity index (χ0) is 15.6. The fourth-order valence-electron chi connectivity index (χ4n) is 2.07. The van der Waals surface area contributed by atoms with Gasteiger partial charge in [0, 0.05) is 12.7 Å². The van der Waals surface area contributed by atoms with E-state index in [0.717, 1.165) is 17.8 Å². The summed E-state index contributed by atoms with van der Waals surface area (Å²) in [5.41, 5.74) is 8.30. The molecule has 2 aromatic rings. The van der Waals surface area contributed by atoms with Crippen LogP contribution in [-0.4, -0.2) is 15.6 Å². The van der Waals surface area contributed by atoms with Crippen LogP contribution in [-0.2, 0) is 20.1 Å². The number of carbonyl (C=O) groups excluding carboxylic acids is 1. The Labute approximate surface area is 128 Å². The smallest absolute Gasteiger partial charge is 0.163 e. The lowest BCUT2D eigenvalue weighted by atomic mass is 10.1. The van der Waals surface area contributed by atoms with E-state index in [-0.39, 0.29) is 12.4 Å². The second kappa shape index (κ2) is 6.18. The molecule has 5 nitrogen and oxygen atoms in total. The Balaban J connectivity index is 2.25. The van der Waals surface area contributed by atoms with Crippen LogP contribution < -0.4 is 10.5 Å². The molecular formula is C15H18ClN3O2. The molecule has 0 aliphatic heterocycles.